The number of nitrogens with two attached hydrogens (primary N) is 1. The third-order valence-corrected chi connectivity index (χ3v) is 6.60. The molecule has 4 rings (SSSR count). The van der Waals surface area contributed by atoms with Crippen molar-refractivity contribution < 1.29 is 22.8 Å². The number of carbonyl (C=O) groups is 2. The van der Waals surface area contributed by atoms with Crippen LogP contribution in [0.25, 0.3) is 0 Å². The van der Waals surface area contributed by atoms with E-state index in [2.05, 4.69) is 36.3 Å². The number of alkyl halides is 3. The molecule has 0 bridgehead atoms. The molecular formula is C23H26F3N5O2. The smallest absolute Gasteiger partial charge is 0.380 e. The summed E-state index contributed by atoms with van der Waals surface area (Å²) in [6.45, 7) is 4.25. The number of aromatic nitrogens is 1. The van der Waals surface area contributed by atoms with E-state index in [0.29, 0.717) is 10.7 Å². The van der Waals surface area contributed by atoms with E-state index < -0.39 is 30.1 Å². The standard InChI is InChI=1S/C23H26F3N5O2/c1-22(2)15-6-4-3-5-13(15)11-18(22)29-14-7-8-16(28-12-14)20(23(24,25)26)30-21(33)17-9-10-19(32)31(17)27/h3-8,12,17-18,20,29H,9-11,27H2,1-2H3,(H,30,33)/t17-,18-,20-/m0/s1. The molecule has 10 heteroatoms. The molecule has 0 radical (unpaired) electrons. The largest absolute Gasteiger partial charge is 0.414 e. The molecule has 0 saturated carbocycles. The van der Waals surface area contributed by atoms with Crippen LogP contribution in [-0.2, 0) is 21.4 Å². The van der Waals surface area contributed by atoms with Gasteiger partial charge in [0.25, 0.3) is 0 Å². The van der Waals surface area contributed by atoms with Crippen LogP contribution in [0, 0.1) is 0 Å². The van der Waals surface area contributed by atoms with Crippen molar-refractivity contribution in [2.75, 3.05) is 5.32 Å². The number of pyridine rings is 1. The van der Waals surface area contributed by atoms with Gasteiger partial charge < -0.3 is 10.6 Å². The summed E-state index contributed by atoms with van der Waals surface area (Å²) in [5.41, 5.74) is 2.56. The summed E-state index contributed by atoms with van der Waals surface area (Å²) in [6, 6.07) is 7.55. The van der Waals surface area contributed by atoms with Crippen LogP contribution in [0.3, 0.4) is 0 Å². The number of nitrogens with one attached hydrogen (secondary N) is 2. The molecule has 1 aromatic heterocycles. The Hall–Kier alpha value is -3.14. The minimum absolute atomic E-state index is 0.0191. The molecule has 3 atom stereocenters. The number of fused-ring (bicyclic) bond motifs is 1. The molecule has 4 N–H and O–H groups in total. The van der Waals surface area contributed by atoms with Gasteiger partial charge in [-0.25, -0.2) is 5.84 Å². The lowest BCUT2D eigenvalue weighted by molar-refractivity contribution is -0.165. The predicted molar refractivity (Wildman–Crippen MR) is 116 cm³/mol. The van der Waals surface area contributed by atoms with Crippen molar-refractivity contribution in [3.63, 3.8) is 0 Å². The van der Waals surface area contributed by atoms with Crippen LogP contribution in [0.15, 0.2) is 42.6 Å². The maximum atomic E-state index is 13.7. The molecule has 2 heterocycles. The fourth-order valence-electron chi connectivity index (χ4n) is 4.61. The summed E-state index contributed by atoms with van der Waals surface area (Å²) in [4.78, 5) is 27.9. The van der Waals surface area contributed by atoms with Gasteiger partial charge in [-0.1, -0.05) is 38.1 Å². The Balaban J connectivity index is 1.48. The Morgan fingerprint density at radius 3 is 2.55 bits per heavy atom. The number of nitrogens with zero attached hydrogens (tertiary/aromatic N) is 2. The molecule has 33 heavy (non-hydrogen) atoms. The van der Waals surface area contributed by atoms with Gasteiger partial charge in [-0.3, -0.25) is 19.6 Å². The molecular weight excluding hydrogens is 435 g/mol. The van der Waals surface area contributed by atoms with Crippen molar-refractivity contribution in [3.05, 3.63) is 59.4 Å². The van der Waals surface area contributed by atoms with E-state index in [1.165, 1.54) is 29.5 Å². The number of anilines is 1. The van der Waals surface area contributed by atoms with Crippen molar-refractivity contribution in [3.8, 4) is 0 Å². The molecule has 2 aliphatic rings. The van der Waals surface area contributed by atoms with Crippen molar-refractivity contribution in [2.24, 2.45) is 5.84 Å². The first-order valence-electron chi connectivity index (χ1n) is 10.7. The van der Waals surface area contributed by atoms with E-state index in [4.69, 9.17) is 5.84 Å². The summed E-state index contributed by atoms with van der Waals surface area (Å²) in [5.74, 6) is 4.08. The van der Waals surface area contributed by atoms with E-state index >= 15 is 0 Å². The fraction of sp³-hybridized carbons (Fsp3) is 0.435. The Kier molecular flexibility index (Phi) is 5.81. The molecule has 1 saturated heterocycles. The fourth-order valence-corrected chi connectivity index (χ4v) is 4.61. The lowest BCUT2D eigenvalue weighted by atomic mass is 9.83. The second kappa shape index (κ2) is 8.33. The minimum atomic E-state index is -4.77. The van der Waals surface area contributed by atoms with Crippen LogP contribution in [0.1, 0.15) is 49.6 Å². The normalized spacial score (nSPS) is 22.7. The van der Waals surface area contributed by atoms with Crippen molar-refractivity contribution in [1.29, 1.82) is 0 Å². The minimum Gasteiger partial charge on any atom is -0.380 e. The van der Waals surface area contributed by atoms with E-state index in [0.717, 1.165) is 6.42 Å². The van der Waals surface area contributed by atoms with Crippen LogP contribution >= 0.6 is 0 Å². The quantitative estimate of drug-likeness (QED) is 0.470. The molecule has 2 amide bonds. The van der Waals surface area contributed by atoms with Crippen LogP contribution < -0.4 is 16.5 Å². The van der Waals surface area contributed by atoms with Gasteiger partial charge in [-0.15, -0.1) is 0 Å². The molecule has 2 aromatic rings. The lowest BCUT2D eigenvalue weighted by Crippen LogP contribution is -2.51. The lowest BCUT2D eigenvalue weighted by Gasteiger charge is -2.30. The summed E-state index contributed by atoms with van der Waals surface area (Å²) in [5, 5.41) is 6.04. The van der Waals surface area contributed by atoms with Gasteiger partial charge in [0, 0.05) is 17.9 Å². The topological polar surface area (TPSA) is 100 Å². The number of benzene rings is 1. The highest BCUT2D eigenvalue weighted by Crippen LogP contribution is 2.40. The van der Waals surface area contributed by atoms with Gasteiger partial charge >= 0.3 is 6.18 Å². The molecule has 7 nitrogen and oxygen atoms in total. The molecule has 1 aliphatic heterocycles. The second-order valence-electron chi connectivity index (χ2n) is 9.09. The molecule has 176 valence electrons. The average Bonchev–Trinajstić information content (AvgIpc) is 3.22. The zero-order chi connectivity index (χ0) is 24.0. The third kappa shape index (κ3) is 4.39. The zero-order valence-corrected chi connectivity index (χ0v) is 18.3. The number of amides is 2. The maximum absolute atomic E-state index is 13.7. The second-order valence-corrected chi connectivity index (χ2v) is 9.09. The Morgan fingerprint density at radius 2 is 1.97 bits per heavy atom. The van der Waals surface area contributed by atoms with Crippen molar-refractivity contribution >= 4 is 17.5 Å². The zero-order valence-electron chi connectivity index (χ0n) is 18.3. The highest BCUT2D eigenvalue weighted by Gasteiger charge is 2.45. The van der Waals surface area contributed by atoms with E-state index in [-0.39, 0.29) is 30.0 Å². The van der Waals surface area contributed by atoms with E-state index in [1.807, 2.05) is 17.4 Å². The number of hydrazine groups is 1. The van der Waals surface area contributed by atoms with Gasteiger partial charge in [0.05, 0.1) is 17.6 Å². The first-order chi connectivity index (χ1) is 15.5. The third-order valence-electron chi connectivity index (χ3n) is 6.60. The van der Waals surface area contributed by atoms with Crippen LogP contribution in [-0.4, -0.2) is 40.1 Å². The first kappa shape index (κ1) is 23.0. The molecule has 1 aromatic carbocycles. The predicted octanol–water partition coefficient (Wildman–Crippen LogP) is 2.98. The summed E-state index contributed by atoms with van der Waals surface area (Å²) in [7, 11) is 0. The van der Waals surface area contributed by atoms with Crippen molar-refractivity contribution in [2.45, 2.75) is 62.8 Å². The van der Waals surface area contributed by atoms with Crippen LogP contribution in [0.4, 0.5) is 18.9 Å². The maximum Gasteiger partial charge on any atom is 0.414 e. The van der Waals surface area contributed by atoms with E-state index in [1.54, 1.807) is 0 Å². The van der Waals surface area contributed by atoms with E-state index in [9.17, 15) is 22.8 Å². The summed E-state index contributed by atoms with van der Waals surface area (Å²) < 4.78 is 41.2. The monoisotopic (exact) mass is 461 g/mol. The highest BCUT2D eigenvalue weighted by atomic mass is 19.4. The molecule has 1 fully saturated rings. The van der Waals surface area contributed by atoms with Crippen molar-refractivity contribution in [1.82, 2.24) is 15.3 Å². The SMILES string of the molecule is CC1(C)c2ccccc2C[C@@H]1Nc1ccc([C@H](NC(=O)[C@@H]2CCC(=O)N2N)C(F)(F)F)nc1. The summed E-state index contributed by atoms with van der Waals surface area (Å²) in [6.07, 6.45) is -2.54. The van der Waals surface area contributed by atoms with Crippen LogP contribution in [0.5, 0.6) is 0 Å². The Bertz CT molecular complexity index is 1050. The first-order valence-corrected chi connectivity index (χ1v) is 10.7. The molecule has 0 unspecified atom stereocenters. The van der Waals surface area contributed by atoms with Gasteiger partial charge in [0.15, 0.2) is 6.04 Å². The number of carbonyl (C=O) groups excluding carboxylic acids is 2. The number of hydrogen-bond acceptors (Lipinski definition) is 5. The van der Waals surface area contributed by atoms with Gasteiger partial charge in [0.2, 0.25) is 11.8 Å². The number of rotatable bonds is 5. The highest BCUT2D eigenvalue weighted by molar-refractivity contribution is 5.90. The Labute approximate surface area is 189 Å². The van der Waals surface area contributed by atoms with Gasteiger partial charge in [-0.2, -0.15) is 13.2 Å². The average molecular weight is 461 g/mol. The summed E-state index contributed by atoms with van der Waals surface area (Å²) >= 11 is 0. The molecule has 1 aliphatic carbocycles. The number of hydrogen-bond donors (Lipinski definition) is 3. The van der Waals surface area contributed by atoms with Gasteiger partial charge in [-0.05, 0) is 36.1 Å². The molecule has 0 spiro atoms. The number of halogens is 3. The Morgan fingerprint density at radius 1 is 1.24 bits per heavy atom. The van der Waals surface area contributed by atoms with Crippen LogP contribution in [0.2, 0.25) is 0 Å². The van der Waals surface area contributed by atoms with Gasteiger partial charge in [0.1, 0.15) is 6.04 Å².